The zero-order chi connectivity index (χ0) is 93.8. The fourth-order valence-electron chi connectivity index (χ4n) is 12.8. The van der Waals surface area contributed by atoms with Gasteiger partial charge in [-0.3, -0.25) is 4.99 Å². The van der Waals surface area contributed by atoms with Crippen molar-refractivity contribution in [2.75, 3.05) is 135 Å². The van der Waals surface area contributed by atoms with Crippen LogP contribution in [0.15, 0.2) is 305 Å². The van der Waals surface area contributed by atoms with Crippen molar-refractivity contribution in [3.8, 4) is 33.8 Å². The highest BCUT2D eigenvalue weighted by Gasteiger charge is 2.16. The summed E-state index contributed by atoms with van der Waals surface area (Å²) >= 11 is 17.0. The minimum Gasteiger partial charge on any atom is -0.449 e. The average molecular weight is 1840 g/mol. The van der Waals surface area contributed by atoms with E-state index in [4.69, 9.17) is 97.9 Å². The minimum atomic E-state index is 0.360. The van der Waals surface area contributed by atoms with E-state index < -0.39 is 0 Å². The van der Waals surface area contributed by atoms with Crippen LogP contribution in [0, 0.1) is 11.8 Å². The van der Waals surface area contributed by atoms with Crippen LogP contribution < -0.4 is 88.8 Å². The molecule has 10 heterocycles. The van der Waals surface area contributed by atoms with E-state index >= 15 is 0 Å². The van der Waals surface area contributed by atoms with Gasteiger partial charge in [-0.15, -0.1) is 45.9 Å². The first-order valence-corrected chi connectivity index (χ1v) is 45.0. The summed E-state index contributed by atoms with van der Waals surface area (Å²) in [4.78, 5) is 16.8. The van der Waals surface area contributed by atoms with Crippen molar-refractivity contribution in [3.63, 3.8) is 0 Å². The van der Waals surface area contributed by atoms with E-state index in [2.05, 4.69) is 108 Å². The van der Waals surface area contributed by atoms with E-state index in [1.807, 2.05) is 231 Å². The van der Waals surface area contributed by atoms with E-state index in [0.29, 0.717) is 58.9 Å². The topological polar surface area (TPSA) is 508 Å². The van der Waals surface area contributed by atoms with E-state index in [9.17, 15) is 0 Å². The quantitative estimate of drug-likeness (QED) is 0.0257. The molecule has 7 aromatic carbocycles. The lowest BCUT2D eigenvalue weighted by Crippen LogP contribution is -2.44. The molecule has 0 unspecified atom stereocenters. The molecule has 0 spiro atoms. The number of amidine groups is 1. The standard InChI is InChI=1S/C14H14N2.C13H16N4.C10H8ClN3.C10H13ClN2.C10H9N3.C9H9N3.C8H12N4.2C6H13N.C5H8N2.C4H4ClN3.C4H5NO/c15-13-7-3-11(4-8-13)1-2-12-5-9-14(16)10-6-12;14-9-4-10-15-13-8-7-12(16-17-13)11-5-2-1-3-6-11;11-8-3-1-7(2-4-8)9-5-6-10(12)14-13-9;11-9-1-3-10(4-2-9)13-7-5-12-6-8-13;11-10-7-6-9(12-13-10)8-4-2-1-3-5-8;10-9-6-8(11-12-9)7-4-2-1-3-5-7;1-2-10-8(11-3-1)12-6-4-9-5-7-12;2*7-5-6-3-1-2-4-6;6-3-5-1-2-7-4-5;5-3-1-2-4(6)8-7-3;5-4-2-1-3-6-4/h1-10H,15-16H2;1-3,5-8H,4,9-10,14H2,(H,15,17);1-6H,(H2,12,14);1-4,12H,5-8H2;1-7H,(H2,11,13);1-5H,6H2,(H2,10,12);1-3,9H,4-7H2;2*6H,1-5,7H2;2,4H,1,3,6H2;1-2H,(H2,6,8);1-3H,5H2/b2-1+;;;;;;;;;;;. The zero-order valence-corrected chi connectivity index (χ0v) is 76.8. The molecule has 4 aliphatic heterocycles. The van der Waals surface area contributed by atoms with Gasteiger partial charge in [0.2, 0.25) is 5.95 Å². The lowest BCUT2D eigenvalue weighted by atomic mass is 10.1. The molecular weight excluding hydrogens is 1720 g/mol. The number of hydrogen-bond acceptors (Lipinski definition) is 30. The van der Waals surface area contributed by atoms with Crippen LogP contribution in [0.4, 0.5) is 52.2 Å². The van der Waals surface area contributed by atoms with Crippen LogP contribution in [0.1, 0.15) is 87.3 Å². The van der Waals surface area contributed by atoms with E-state index in [1.54, 1.807) is 48.8 Å². The van der Waals surface area contributed by atoms with Crippen LogP contribution in [0.3, 0.4) is 0 Å². The summed E-state index contributed by atoms with van der Waals surface area (Å²) in [7, 11) is 0. The van der Waals surface area contributed by atoms with Crippen molar-refractivity contribution in [2.24, 2.45) is 55.7 Å². The number of rotatable bonds is 15. The van der Waals surface area contributed by atoms with Crippen molar-refractivity contribution < 1.29 is 4.42 Å². The smallest absolute Gasteiger partial charge is 0.225 e. The molecule has 30 nitrogen and oxygen atoms in total. The Morgan fingerprint density at radius 1 is 0.432 bits per heavy atom. The lowest BCUT2D eigenvalue weighted by Gasteiger charge is -2.29. The average Bonchev–Trinajstić information content (AvgIpc) is 1.54. The molecule has 33 heteroatoms. The number of nitrogens with zero attached hydrogens (tertiary/aromatic N) is 15. The molecule has 0 bridgehead atoms. The Labute approximate surface area is 789 Å². The maximum absolute atomic E-state index is 5.82. The maximum atomic E-state index is 5.82. The molecule has 2 saturated carbocycles. The van der Waals surface area contributed by atoms with Crippen LogP contribution in [0.25, 0.3) is 45.9 Å². The molecule has 132 heavy (non-hydrogen) atoms. The number of benzene rings is 7. The highest BCUT2D eigenvalue weighted by Crippen LogP contribution is 2.26. The van der Waals surface area contributed by atoms with Gasteiger partial charge in [0.05, 0.1) is 35.5 Å². The predicted octanol–water partition coefficient (Wildman–Crippen LogP) is 16.0. The fraction of sp³-hybridized carbons (Fsp3) is 0.263. The number of aromatic nitrogens is 10. The number of furan rings is 1. The molecular formula is C99H124Cl3N29O. The first kappa shape index (κ1) is 104. The summed E-state index contributed by atoms with van der Waals surface area (Å²) in [5.74, 6) is 5.69. The van der Waals surface area contributed by atoms with Crippen LogP contribution >= 0.6 is 34.8 Å². The normalized spacial score (nSPS) is 13.8. The zero-order valence-electron chi connectivity index (χ0n) is 74.5. The number of nitrogens with two attached hydrogens (primary N) is 11. The monoisotopic (exact) mass is 1840 g/mol. The van der Waals surface area contributed by atoms with Gasteiger partial charge in [-0.2, -0.15) is 5.10 Å². The summed E-state index contributed by atoms with van der Waals surface area (Å²) in [5, 5.41) is 50.1. The Morgan fingerprint density at radius 2 is 0.886 bits per heavy atom. The molecule has 13 aromatic rings. The molecule has 0 radical (unpaired) electrons. The number of nitrogens with one attached hydrogen (secondary N) is 3. The molecule has 2 saturated heterocycles. The summed E-state index contributed by atoms with van der Waals surface area (Å²) in [6.07, 6.45) is 26.7. The SMILES string of the molecule is Clc1ccc(N2CCNCC2)cc1.NC1=NN=C(c2ccccc2)C1.NCC1=CN=CC1.NCC1CCCC1.NCC1CCCC1.NCCCNc1ccc(-c2ccccc2)nn1.Nc1ccc(-c2ccc(Cl)cc2)nn1.Nc1ccc(-c2ccccc2)nn1.Nc1ccc(/C=C/c2ccc(N)cc2)cc1.Nc1ccc(Cl)nn1.Nc1ccco1.c1cnc(N2CCNCC2)nc1. The van der Waals surface area contributed by atoms with Crippen molar-refractivity contribution in [1.82, 2.24) is 61.4 Å². The molecule has 0 amide bonds. The number of piperazine rings is 2. The molecule has 0 atom stereocenters. The largest absolute Gasteiger partial charge is 0.449 e. The van der Waals surface area contributed by atoms with Gasteiger partial charge in [-0.1, -0.05) is 200 Å². The van der Waals surface area contributed by atoms with Crippen LogP contribution in [0.5, 0.6) is 0 Å². The summed E-state index contributed by atoms with van der Waals surface area (Å²) < 4.78 is 4.61. The number of anilines is 9. The molecule has 19 rings (SSSR count). The second kappa shape index (κ2) is 61.8. The number of aliphatic imine (C=N–C) groups is 1. The Kier molecular flexibility index (Phi) is 48.5. The number of hydrogen-bond donors (Lipinski definition) is 14. The third-order valence-corrected chi connectivity index (χ3v) is 20.9. The van der Waals surface area contributed by atoms with Crippen molar-refractivity contribution >= 4 is 117 Å². The van der Waals surface area contributed by atoms with Gasteiger partial charge in [-0.05, 0) is 207 Å². The number of halogens is 3. The molecule has 25 N–H and O–H groups in total. The van der Waals surface area contributed by atoms with E-state index in [0.717, 1.165) is 181 Å². The highest BCUT2D eigenvalue weighted by molar-refractivity contribution is 6.31. The Hall–Kier alpha value is -13.7. The van der Waals surface area contributed by atoms with Gasteiger partial charge in [0.25, 0.3) is 0 Å². The summed E-state index contributed by atoms with van der Waals surface area (Å²) in [5.41, 5.74) is 73.4. The predicted molar refractivity (Wildman–Crippen MR) is 549 cm³/mol. The fourth-order valence-corrected chi connectivity index (χ4v) is 13.2. The van der Waals surface area contributed by atoms with Gasteiger partial charge < -0.3 is 93.2 Å². The minimum absolute atomic E-state index is 0.360. The first-order chi connectivity index (χ1) is 64.4. The molecule has 6 aliphatic rings. The second-order valence-corrected chi connectivity index (χ2v) is 31.5. The third-order valence-electron chi connectivity index (χ3n) is 20.1. The third kappa shape index (κ3) is 42.3. The second-order valence-electron chi connectivity index (χ2n) is 30.2. The number of nitrogen functional groups attached to an aromatic ring is 6. The highest BCUT2D eigenvalue weighted by atomic mass is 35.5. The molecule has 4 fully saturated rings. The van der Waals surface area contributed by atoms with Crippen molar-refractivity contribution in [2.45, 2.75) is 70.6 Å². The Morgan fingerprint density at radius 3 is 1.25 bits per heavy atom. The molecule has 6 aromatic heterocycles. The maximum Gasteiger partial charge on any atom is 0.225 e. The first-order valence-electron chi connectivity index (χ1n) is 43.9. The van der Waals surface area contributed by atoms with Crippen molar-refractivity contribution in [1.29, 1.82) is 0 Å². The molecule has 2 aliphatic carbocycles. The Balaban J connectivity index is 0.000000180. The van der Waals surface area contributed by atoms with Gasteiger partial charge in [0, 0.05) is 147 Å². The van der Waals surface area contributed by atoms with Crippen LogP contribution in [0.2, 0.25) is 15.2 Å². The lowest BCUT2D eigenvalue weighted by molar-refractivity contribution is 0.562. The summed E-state index contributed by atoms with van der Waals surface area (Å²) in [6, 6.07) is 80.3. The van der Waals surface area contributed by atoms with Gasteiger partial charge in [-0.25, -0.2) is 9.97 Å². The van der Waals surface area contributed by atoms with E-state index in [1.165, 1.54) is 68.9 Å². The van der Waals surface area contributed by atoms with Crippen LogP contribution in [-0.2, 0) is 0 Å². The van der Waals surface area contributed by atoms with Gasteiger partial charge >= 0.3 is 0 Å². The van der Waals surface area contributed by atoms with E-state index in [-0.39, 0.29) is 0 Å². The molecule has 692 valence electrons. The Bertz CT molecular complexity index is 5220. The van der Waals surface area contributed by atoms with Gasteiger partial charge in [0.15, 0.2) is 11.0 Å². The van der Waals surface area contributed by atoms with Gasteiger partial charge in [0.1, 0.15) is 29.1 Å². The van der Waals surface area contributed by atoms with Crippen molar-refractivity contribution in [3.05, 3.63) is 317 Å². The van der Waals surface area contributed by atoms with Crippen LogP contribution in [-0.4, -0.2) is 154 Å². The summed E-state index contributed by atoms with van der Waals surface area (Å²) in [6.45, 7) is 12.4.